The van der Waals surface area contributed by atoms with Crippen LogP contribution < -0.4 is 5.73 Å². The average Bonchev–Trinajstić information content (AvgIpc) is 2.55. The molecule has 0 radical (unpaired) electrons. The molecule has 0 aliphatic carbocycles. The van der Waals surface area contributed by atoms with E-state index in [2.05, 4.69) is 10.2 Å². The lowest BCUT2D eigenvalue weighted by Crippen LogP contribution is -1.86. The number of fused-ring (bicyclic) bond motifs is 1. The van der Waals surface area contributed by atoms with E-state index >= 15 is 0 Å². The van der Waals surface area contributed by atoms with Gasteiger partial charge in [-0.1, -0.05) is 24.3 Å². The molecule has 0 heterocycles. The average molecular weight is 292 g/mol. The van der Waals surface area contributed by atoms with Crippen LogP contribution in [0.2, 0.25) is 0 Å². The highest BCUT2D eigenvalue weighted by atomic mass is 16.6. The third kappa shape index (κ3) is 2.62. The first-order valence-electron chi connectivity index (χ1n) is 6.58. The molecule has 0 aliphatic heterocycles. The Labute approximate surface area is 126 Å². The Morgan fingerprint density at radius 3 is 2.23 bits per heavy atom. The number of nitro benzene ring substituents is 1. The lowest BCUT2D eigenvalue weighted by molar-refractivity contribution is -0.384. The lowest BCUT2D eigenvalue weighted by atomic mass is 10.1. The minimum absolute atomic E-state index is 0.0249. The number of nitrogens with two attached hydrogens (primary N) is 1. The molecular weight excluding hydrogens is 280 g/mol. The van der Waals surface area contributed by atoms with Gasteiger partial charge in [0.15, 0.2) is 0 Å². The molecule has 0 unspecified atom stereocenters. The number of benzene rings is 3. The van der Waals surface area contributed by atoms with E-state index in [0.717, 1.165) is 10.8 Å². The molecule has 0 saturated carbocycles. The predicted octanol–water partition coefficient (Wildman–Crippen LogP) is 4.75. The Hall–Kier alpha value is -3.28. The van der Waals surface area contributed by atoms with Gasteiger partial charge < -0.3 is 5.73 Å². The molecule has 0 saturated heterocycles. The van der Waals surface area contributed by atoms with Gasteiger partial charge in [0, 0.05) is 28.6 Å². The summed E-state index contributed by atoms with van der Waals surface area (Å²) >= 11 is 0. The summed E-state index contributed by atoms with van der Waals surface area (Å²) in [5.41, 5.74) is 7.90. The number of anilines is 1. The molecule has 0 atom stereocenters. The van der Waals surface area contributed by atoms with Crippen LogP contribution in [0.5, 0.6) is 0 Å². The largest absolute Gasteiger partial charge is 0.398 e. The van der Waals surface area contributed by atoms with E-state index in [1.165, 1.54) is 12.1 Å². The van der Waals surface area contributed by atoms with Gasteiger partial charge in [0.1, 0.15) is 0 Å². The molecule has 2 N–H and O–H groups in total. The third-order valence-corrected chi connectivity index (χ3v) is 3.27. The molecule has 0 bridgehead atoms. The number of azo groups is 1. The Kier molecular flexibility index (Phi) is 3.49. The Balaban J connectivity index is 1.96. The number of nitrogens with zero attached hydrogens (tertiary/aromatic N) is 3. The highest BCUT2D eigenvalue weighted by Gasteiger charge is 2.04. The van der Waals surface area contributed by atoms with Crippen molar-refractivity contribution in [1.82, 2.24) is 0 Å². The molecule has 3 rings (SSSR count). The standard InChI is InChI=1S/C16H12N4O2/c17-15-9-10-16(14-4-2-1-3-13(14)15)19-18-11-5-7-12(8-6-11)20(21)22/h1-10H,17H2. The van der Waals surface area contributed by atoms with E-state index in [0.29, 0.717) is 17.1 Å². The van der Waals surface area contributed by atoms with E-state index in [-0.39, 0.29) is 5.69 Å². The number of hydrogen-bond acceptors (Lipinski definition) is 5. The molecule has 3 aromatic carbocycles. The van der Waals surface area contributed by atoms with Gasteiger partial charge in [0.25, 0.3) is 5.69 Å². The van der Waals surface area contributed by atoms with Gasteiger partial charge in [-0.3, -0.25) is 10.1 Å². The quantitative estimate of drug-likeness (QED) is 0.327. The summed E-state index contributed by atoms with van der Waals surface area (Å²) in [7, 11) is 0. The second-order valence-corrected chi connectivity index (χ2v) is 4.69. The predicted molar refractivity (Wildman–Crippen MR) is 85.6 cm³/mol. The summed E-state index contributed by atoms with van der Waals surface area (Å²) < 4.78 is 0. The van der Waals surface area contributed by atoms with Gasteiger partial charge in [-0.2, -0.15) is 5.11 Å². The lowest BCUT2D eigenvalue weighted by Gasteiger charge is -2.04. The Morgan fingerprint density at radius 2 is 1.55 bits per heavy atom. The summed E-state index contributed by atoms with van der Waals surface area (Å²) in [5, 5.41) is 20.8. The molecule has 108 valence electrons. The first-order valence-corrected chi connectivity index (χ1v) is 6.58. The highest BCUT2D eigenvalue weighted by molar-refractivity contribution is 5.99. The second-order valence-electron chi connectivity index (χ2n) is 4.69. The zero-order chi connectivity index (χ0) is 15.5. The zero-order valence-corrected chi connectivity index (χ0v) is 11.5. The van der Waals surface area contributed by atoms with Gasteiger partial charge in [-0.05, 0) is 24.3 Å². The highest BCUT2D eigenvalue weighted by Crippen LogP contribution is 2.31. The van der Waals surface area contributed by atoms with Crippen LogP contribution in [0.15, 0.2) is 70.9 Å². The summed E-state index contributed by atoms with van der Waals surface area (Å²) in [6.07, 6.45) is 0. The van der Waals surface area contributed by atoms with Crippen molar-refractivity contribution in [2.45, 2.75) is 0 Å². The third-order valence-electron chi connectivity index (χ3n) is 3.27. The number of hydrogen-bond donors (Lipinski definition) is 1. The molecule has 0 amide bonds. The maximum absolute atomic E-state index is 10.6. The van der Waals surface area contributed by atoms with Crippen LogP contribution in [0, 0.1) is 10.1 Å². The van der Waals surface area contributed by atoms with Crippen molar-refractivity contribution in [1.29, 1.82) is 0 Å². The summed E-state index contributed by atoms with van der Waals surface area (Å²) in [4.78, 5) is 10.2. The van der Waals surface area contributed by atoms with E-state index in [4.69, 9.17) is 5.73 Å². The van der Waals surface area contributed by atoms with Crippen molar-refractivity contribution >= 4 is 33.5 Å². The van der Waals surface area contributed by atoms with Crippen molar-refractivity contribution in [2.24, 2.45) is 10.2 Å². The van der Waals surface area contributed by atoms with Crippen LogP contribution in [0.4, 0.5) is 22.7 Å². The first kappa shape index (κ1) is 13.7. The Bertz CT molecular complexity index is 873. The fourth-order valence-corrected chi connectivity index (χ4v) is 2.15. The molecule has 0 aromatic heterocycles. The minimum atomic E-state index is -0.450. The summed E-state index contributed by atoms with van der Waals surface area (Å²) in [6.45, 7) is 0. The summed E-state index contributed by atoms with van der Waals surface area (Å²) in [6, 6.07) is 17.2. The fraction of sp³-hybridized carbons (Fsp3) is 0. The smallest absolute Gasteiger partial charge is 0.269 e. The molecule has 6 heteroatoms. The molecule has 3 aromatic rings. The van der Waals surface area contributed by atoms with Gasteiger partial charge >= 0.3 is 0 Å². The molecular formula is C16H12N4O2. The van der Waals surface area contributed by atoms with Crippen molar-refractivity contribution in [3.63, 3.8) is 0 Å². The number of nitro groups is 1. The summed E-state index contributed by atoms with van der Waals surface area (Å²) in [5.74, 6) is 0. The number of nitrogen functional groups attached to an aromatic ring is 1. The van der Waals surface area contributed by atoms with Gasteiger partial charge in [-0.15, -0.1) is 5.11 Å². The van der Waals surface area contributed by atoms with E-state index < -0.39 is 4.92 Å². The van der Waals surface area contributed by atoms with E-state index in [1.54, 1.807) is 24.3 Å². The van der Waals surface area contributed by atoms with Crippen LogP contribution in [-0.2, 0) is 0 Å². The molecule has 0 fully saturated rings. The van der Waals surface area contributed by atoms with Gasteiger partial charge in [0.2, 0.25) is 0 Å². The zero-order valence-electron chi connectivity index (χ0n) is 11.5. The van der Waals surface area contributed by atoms with E-state index in [1.807, 2.05) is 24.3 Å². The van der Waals surface area contributed by atoms with Crippen molar-refractivity contribution in [3.8, 4) is 0 Å². The molecule has 0 aliphatic rings. The second kappa shape index (κ2) is 5.61. The minimum Gasteiger partial charge on any atom is -0.398 e. The maximum atomic E-state index is 10.6. The molecule has 6 nitrogen and oxygen atoms in total. The van der Waals surface area contributed by atoms with Crippen LogP contribution in [0.25, 0.3) is 10.8 Å². The Morgan fingerprint density at radius 1 is 0.864 bits per heavy atom. The van der Waals surface area contributed by atoms with Crippen LogP contribution >= 0.6 is 0 Å². The fourth-order valence-electron chi connectivity index (χ4n) is 2.15. The molecule has 22 heavy (non-hydrogen) atoms. The van der Waals surface area contributed by atoms with Crippen LogP contribution in [0.3, 0.4) is 0 Å². The van der Waals surface area contributed by atoms with Gasteiger partial charge in [-0.25, -0.2) is 0 Å². The van der Waals surface area contributed by atoms with E-state index in [9.17, 15) is 10.1 Å². The topological polar surface area (TPSA) is 93.9 Å². The van der Waals surface area contributed by atoms with Crippen LogP contribution in [0.1, 0.15) is 0 Å². The monoisotopic (exact) mass is 292 g/mol. The van der Waals surface area contributed by atoms with Crippen molar-refractivity contribution in [2.75, 3.05) is 5.73 Å². The molecule has 0 spiro atoms. The van der Waals surface area contributed by atoms with Crippen molar-refractivity contribution in [3.05, 3.63) is 70.8 Å². The normalized spacial score (nSPS) is 11.1. The number of rotatable bonds is 3. The first-order chi connectivity index (χ1) is 10.6. The SMILES string of the molecule is Nc1ccc(N=Nc2ccc([N+](=O)[O-])cc2)c2ccccc12. The maximum Gasteiger partial charge on any atom is 0.269 e. The van der Waals surface area contributed by atoms with Crippen LogP contribution in [-0.4, -0.2) is 4.92 Å². The van der Waals surface area contributed by atoms with Crippen molar-refractivity contribution < 1.29 is 4.92 Å². The number of non-ortho nitro benzene ring substituents is 1. The van der Waals surface area contributed by atoms with Gasteiger partial charge in [0.05, 0.1) is 16.3 Å².